The number of carbonyl (C=O) groups is 2. The molecule has 0 saturated heterocycles. The van der Waals surface area contributed by atoms with E-state index in [-0.39, 0.29) is 70.8 Å². The zero-order chi connectivity index (χ0) is 29.6. The number of carboxylic acid groups (broad SMARTS) is 1. The normalized spacial score (nSPS) is 18.1. The maximum Gasteiger partial charge on any atom is 0.391 e. The fraction of sp³-hybridized carbons (Fsp3) is 0.444. The second-order valence-electron chi connectivity index (χ2n) is 10.9. The smallest absolute Gasteiger partial charge is 0.391 e. The van der Waals surface area contributed by atoms with E-state index in [0.29, 0.717) is 5.56 Å². The highest BCUT2D eigenvalue weighted by Gasteiger charge is 2.42. The van der Waals surface area contributed by atoms with E-state index in [0.717, 1.165) is 12.1 Å². The molecule has 0 aliphatic heterocycles. The molecule has 7 nitrogen and oxygen atoms in total. The van der Waals surface area contributed by atoms with Crippen molar-refractivity contribution in [2.24, 2.45) is 11.3 Å². The summed E-state index contributed by atoms with van der Waals surface area (Å²) in [5.74, 6) is -3.99. The Morgan fingerprint density at radius 2 is 1.75 bits per heavy atom. The van der Waals surface area contributed by atoms with Crippen molar-refractivity contribution >= 4 is 57.7 Å². The molecule has 1 fully saturated rings. The average molecular weight is 603 g/mol. The Kier molecular flexibility index (Phi) is 8.29. The number of rotatable bonds is 6. The van der Waals surface area contributed by atoms with E-state index in [2.05, 4.69) is 15.6 Å². The number of nitrogens with zero attached hydrogens (tertiary/aromatic N) is 2. The Morgan fingerprint density at radius 3 is 2.33 bits per heavy atom. The third-order valence-electron chi connectivity index (χ3n) is 7.06. The summed E-state index contributed by atoms with van der Waals surface area (Å²) < 4.78 is 56.2. The van der Waals surface area contributed by atoms with Gasteiger partial charge in [-0.15, -0.1) is 0 Å². The summed E-state index contributed by atoms with van der Waals surface area (Å²) in [6, 6.07) is 4.84. The fourth-order valence-electron chi connectivity index (χ4n) is 4.80. The highest BCUT2D eigenvalue weighted by Crippen LogP contribution is 2.44. The summed E-state index contributed by atoms with van der Waals surface area (Å²) in [5, 5.41) is 15.6. The molecule has 2 aromatic carbocycles. The van der Waals surface area contributed by atoms with Crippen LogP contribution in [0.5, 0.6) is 0 Å². The van der Waals surface area contributed by atoms with Crippen LogP contribution in [0.2, 0.25) is 10.0 Å². The van der Waals surface area contributed by atoms with Gasteiger partial charge in [-0.1, -0.05) is 50.0 Å². The zero-order valence-electron chi connectivity index (χ0n) is 21.9. The maximum atomic E-state index is 14.7. The number of hydrogen-bond donors (Lipinski definition) is 3. The molecule has 3 aromatic rings. The van der Waals surface area contributed by atoms with Gasteiger partial charge in [-0.25, -0.2) is 14.2 Å². The number of carbonyl (C=O) groups excluding carboxylic acids is 1. The van der Waals surface area contributed by atoms with E-state index in [9.17, 15) is 32.3 Å². The quantitative estimate of drug-likeness (QED) is 0.249. The molecule has 0 unspecified atom stereocenters. The number of halogens is 6. The van der Waals surface area contributed by atoms with Crippen molar-refractivity contribution in [3.8, 4) is 0 Å². The molecular formula is C27H28Cl2F4N4O3. The maximum absolute atomic E-state index is 14.7. The topological polar surface area (TPSA) is 96.2 Å². The van der Waals surface area contributed by atoms with Crippen LogP contribution in [0.3, 0.4) is 0 Å². The third-order valence-corrected chi connectivity index (χ3v) is 7.81. The van der Waals surface area contributed by atoms with Gasteiger partial charge in [0.05, 0.1) is 38.2 Å². The summed E-state index contributed by atoms with van der Waals surface area (Å²) >= 11 is 13.1. The molecule has 1 amide bonds. The lowest BCUT2D eigenvalue weighted by atomic mass is 9.85. The first kappa shape index (κ1) is 29.9. The summed E-state index contributed by atoms with van der Waals surface area (Å²) in [4.78, 5) is 28.3. The summed E-state index contributed by atoms with van der Waals surface area (Å²) in [6.07, 6.45) is -4.25. The Labute approximate surface area is 237 Å². The standard InChI is InChI=1S/C27H28Cl2F4N4O3/c1-26(2,3)24(40)34-12-13-4-9-17(28)22(21(13)29)36-25-35-19-10-16(23(38)39)18(30)11-20(19)37(25)15-7-5-14(6-8-15)27(31,32)33/h4,9-11,14-15H,5-8,12H2,1-3H3,(H,34,40)(H,35,36)(H,38,39). The van der Waals surface area contributed by atoms with E-state index in [1.165, 1.54) is 0 Å². The highest BCUT2D eigenvalue weighted by atomic mass is 35.5. The number of aromatic carboxylic acids is 1. The van der Waals surface area contributed by atoms with Gasteiger partial charge in [-0.05, 0) is 43.4 Å². The molecule has 1 aliphatic carbocycles. The Morgan fingerprint density at radius 1 is 1.10 bits per heavy atom. The molecule has 1 saturated carbocycles. The number of alkyl halides is 3. The van der Waals surface area contributed by atoms with Gasteiger partial charge in [0.1, 0.15) is 5.82 Å². The van der Waals surface area contributed by atoms with Crippen LogP contribution in [-0.2, 0) is 11.3 Å². The molecule has 0 radical (unpaired) electrons. The van der Waals surface area contributed by atoms with Crippen LogP contribution in [-0.4, -0.2) is 32.7 Å². The monoisotopic (exact) mass is 602 g/mol. The van der Waals surface area contributed by atoms with Gasteiger partial charge < -0.3 is 20.3 Å². The van der Waals surface area contributed by atoms with Crippen molar-refractivity contribution < 1.29 is 32.3 Å². The lowest BCUT2D eigenvalue weighted by Crippen LogP contribution is -2.34. The van der Waals surface area contributed by atoms with Gasteiger partial charge in [0.25, 0.3) is 0 Å². The van der Waals surface area contributed by atoms with Crippen LogP contribution < -0.4 is 10.6 Å². The van der Waals surface area contributed by atoms with E-state index >= 15 is 0 Å². The first-order chi connectivity index (χ1) is 18.6. The minimum Gasteiger partial charge on any atom is -0.478 e. The molecule has 1 heterocycles. The zero-order valence-corrected chi connectivity index (χ0v) is 23.4. The van der Waals surface area contributed by atoms with Gasteiger partial charge in [-0.2, -0.15) is 13.2 Å². The number of hydrogen-bond acceptors (Lipinski definition) is 4. The van der Waals surface area contributed by atoms with Crippen molar-refractivity contribution in [3.05, 3.63) is 51.3 Å². The van der Waals surface area contributed by atoms with Crippen LogP contribution in [0, 0.1) is 17.2 Å². The molecule has 0 atom stereocenters. The van der Waals surface area contributed by atoms with E-state index in [1.54, 1.807) is 37.5 Å². The van der Waals surface area contributed by atoms with E-state index < -0.39 is 40.9 Å². The van der Waals surface area contributed by atoms with Crippen molar-refractivity contribution in [1.82, 2.24) is 14.9 Å². The number of anilines is 2. The average Bonchev–Trinajstić information content (AvgIpc) is 3.20. The second kappa shape index (κ2) is 11.1. The molecule has 4 rings (SSSR count). The van der Waals surface area contributed by atoms with Gasteiger partial charge in [-0.3, -0.25) is 4.79 Å². The van der Waals surface area contributed by atoms with Crippen LogP contribution in [0.1, 0.15) is 68.4 Å². The summed E-state index contributed by atoms with van der Waals surface area (Å²) in [5.41, 5.74) is -0.0809. The van der Waals surface area contributed by atoms with Gasteiger partial charge in [0.15, 0.2) is 0 Å². The van der Waals surface area contributed by atoms with Gasteiger partial charge in [0, 0.05) is 24.1 Å². The predicted octanol–water partition coefficient (Wildman–Crippen LogP) is 7.88. The summed E-state index contributed by atoms with van der Waals surface area (Å²) in [6.45, 7) is 5.41. The van der Waals surface area contributed by atoms with E-state index in [4.69, 9.17) is 23.2 Å². The molecule has 0 spiro atoms. The number of nitrogens with one attached hydrogen (secondary N) is 2. The third kappa shape index (κ3) is 6.15. The van der Waals surface area contributed by atoms with E-state index in [1.807, 2.05) is 0 Å². The minimum absolute atomic E-state index is 0.103. The molecule has 3 N–H and O–H groups in total. The highest BCUT2D eigenvalue weighted by molar-refractivity contribution is 6.39. The lowest BCUT2D eigenvalue weighted by molar-refractivity contribution is -0.183. The Bertz CT molecular complexity index is 1460. The molecule has 216 valence electrons. The molecular weight excluding hydrogens is 575 g/mol. The SMILES string of the molecule is CC(C)(C)C(=O)NCc1ccc(Cl)c(Nc2nc3cc(C(=O)O)c(F)cc3n2C2CCC(C(F)(F)F)CC2)c1Cl. The number of amides is 1. The Balaban J connectivity index is 1.75. The van der Waals surface area contributed by atoms with Crippen LogP contribution in [0.15, 0.2) is 24.3 Å². The van der Waals surface area contributed by atoms with Gasteiger partial charge in [0.2, 0.25) is 11.9 Å². The fourth-order valence-corrected chi connectivity index (χ4v) is 5.33. The van der Waals surface area contributed by atoms with Crippen LogP contribution >= 0.6 is 23.2 Å². The first-order valence-electron chi connectivity index (χ1n) is 12.6. The second-order valence-corrected chi connectivity index (χ2v) is 11.7. The van der Waals surface area contributed by atoms with Crippen LogP contribution in [0.4, 0.5) is 29.2 Å². The molecule has 13 heteroatoms. The number of fused-ring (bicyclic) bond motifs is 1. The molecule has 40 heavy (non-hydrogen) atoms. The lowest BCUT2D eigenvalue weighted by Gasteiger charge is -2.31. The Hall–Kier alpha value is -3.05. The van der Waals surface area contributed by atoms with Crippen molar-refractivity contribution in [1.29, 1.82) is 0 Å². The van der Waals surface area contributed by atoms with Crippen molar-refractivity contribution in [2.75, 3.05) is 5.32 Å². The molecule has 0 bridgehead atoms. The van der Waals surface area contributed by atoms with Crippen molar-refractivity contribution in [2.45, 2.75) is 65.2 Å². The predicted molar refractivity (Wildman–Crippen MR) is 145 cm³/mol. The number of aromatic nitrogens is 2. The van der Waals surface area contributed by atoms with Crippen molar-refractivity contribution in [3.63, 3.8) is 0 Å². The number of imidazole rings is 1. The summed E-state index contributed by atoms with van der Waals surface area (Å²) in [7, 11) is 0. The first-order valence-corrected chi connectivity index (χ1v) is 13.4. The minimum atomic E-state index is -4.31. The molecule has 1 aromatic heterocycles. The number of benzene rings is 2. The van der Waals surface area contributed by atoms with Gasteiger partial charge >= 0.3 is 12.1 Å². The number of carboxylic acids is 1. The molecule has 1 aliphatic rings. The van der Waals surface area contributed by atoms with Crippen LogP contribution in [0.25, 0.3) is 11.0 Å². The largest absolute Gasteiger partial charge is 0.478 e.